The third-order valence-corrected chi connectivity index (χ3v) is 6.68. The summed E-state index contributed by atoms with van der Waals surface area (Å²) in [6.45, 7) is 0.348. The van der Waals surface area contributed by atoms with E-state index in [0.717, 1.165) is 61.6 Å². The molecule has 0 bridgehead atoms. The van der Waals surface area contributed by atoms with Crippen molar-refractivity contribution in [1.82, 2.24) is 18.5 Å². The van der Waals surface area contributed by atoms with Gasteiger partial charge in [-0.05, 0) is 50.9 Å². The minimum atomic E-state index is -2.50. The molecule has 0 amide bonds. The molecule has 0 aliphatic carbocycles. The van der Waals surface area contributed by atoms with Gasteiger partial charge in [-0.25, -0.2) is 4.99 Å². The molecule has 38 heavy (non-hydrogen) atoms. The second kappa shape index (κ2) is 17.5. The van der Waals surface area contributed by atoms with Crippen molar-refractivity contribution < 1.29 is 19.1 Å². The van der Waals surface area contributed by atoms with Gasteiger partial charge in [-0.3, -0.25) is 4.99 Å². The van der Waals surface area contributed by atoms with E-state index in [2.05, 4.69) is 32.6 Å². The Morgan fingerprint density at radius 2 is 1.55 bits per heavy atom. The van der Waals surface area contributed by atoms with Gasteiger partial charge < -0.3 is 19.3 Å². The molecule has 0 saturated heterocycles. The van der Waals surface area contributed by atoms with Crippen LogP contribution in [0.4, 0.5) is 0 Å². The van der Waals surface area contributed by atoms with Gasteiger partial charge >= 0.3 is 0 Å². The molecule has 8 nitrogen and oxygen atoms in total. The smallest absolute Gasteiger partial charge is 0.253 e. The largest absolute Gasteiger partial charge is 0.476 e. The molecular weight excluding hydrogens is 496 g/mol. The van der Waals surface area contributed by atoms with Crippen LogP contribution in [-0.4, -0.2) is 90.1 Å². The maximum atomic E-state index is 8.29. The minimum absolute atomic E-state index is 0.143. The number of nitrogens with zero attached hydrogens (tertiary/aromatic N) is 6. The van der Waals surface area contributed by atoms with Crippen LogP contribution in [0.25, 0.3) is 5.57 Å². The molecule has 1 aromatic rings. The summed E-state index contributed by atoms with van der Waals surface area (Å²) in [7, 11) is 1.79. The lowest BCUT2D eigenvalue weighted by Crippen LogP contribution is -2.31. The molecule has 0 radical (unpaired) electrons. The Morgan fingerprint density at radius 1 is 0.868 bits per heavy atom. The Morgan fingerprint density at radius 3 is 2.29 bits per heavy atom. The van der Waals surface area contributed by atoms with Crippen LogP contribution in [0, 0.1) is 0 Å². The van der Waals surface area contributed by atoms with Crippen LogP contribution in [-0.2, 0) is 4.74 Å². The molecule has 3 aliphatic heterocycles. The molecular formula is C29H48N6O2S. The van der Waals surface area contributed by atoms with Crippen LogP contribution in [0.1, 0.15) is 93.3 Å². The molecule has 212 valence electrons. The SMILES string of the molecule is [2H]C([2H])([2H])N1CCC=C(C2=NCN=C2OCCCCCC)C1([2H])[2H].[2H]C1([2H])C(c2nsnc2OCCCCCC)=CCCN1C. The number of aromatic nitrogens is 2. The molecule has 9 heteroatoms. The first kappa shape index (κ1) is 21.7. The summed E-state index contributed by atoms with van der Waals surface area (Å²) in [4.78, 5) is 11.0. The Balaban J connectivity index is 0.000000248. The van der Waals surface area contributed by atoms with E-state index in [1.165, 1.54) is 12.8 Å². The van der Waals surface area contributed by atoms with E-state index >= 15 is 0 Å². The van der Waals surface area contributed by atoms with Crippen molar-refractivity contribution in [3.63, 3.8) is 0 Å². The normalized spacial score (nSPS) is 23.9. The molecule has 0 fully saturated rings. The first-order valence-electron chi connectivity index (χ1n) is 17.4. The van der Waals surface area contributed by atoms with Crippen molar-refractivity contribution >= 4 is 28.9 Å². The Bertz CT molecular complexity index is 1220. The average molecular weight is 552 g/mol. The van der Waals surface area contributed by atoms with Crippen molar-refractivity contribution in [2.24, 2.45) is 9.98 Å². The molecule has 0 saturated carbocycles. The Hall–Kier alpha value is -2.10. The van der Waals surface area contributed by atoms with Crippen LogP contribution >= 0.6 is 11.7 Å². The fourth-order valence-electron chi connectivity index (χ4n) is 4.06. The number of unbranched alkanes of at least 4 members (excludes halogenated alkanes) is 6. The lowest BCUT2D eigenvalue weighted by molar-refractivity contribution is 0.294. The lowest BCUT2D eigenvalue weighted by Gasteiger charge is -2.23. The summed E-state index contributed by atoms with van der Waals surface area (Å²) in [6, 6.07) is 0. The molecule has 4 heterocycles. The van der Waals surface area contributed by atoms with Crippen LogP contribution in [0.2, 0.25) is 0 Å². The predicted molar refractivity (Wildman–Crippen MR) is 160 cm³/mol. The standard InChI is InChI=1S/C15H25N3O.C14H23N3OS/c1-3-4-5-6-10-19-15-14(16-12-17-15)13-8-7-9-18(2)11-13;1-3-4-5-6-10-18-14-13(15-19-16-14)12-8-7-9-17(2)11-12/h8H,3-7,9-12H2,1-2H3;8H,3-7,9-11H2,1-2H3/i2D3,11D2;11D2. The van der Waals surface area contributed by atoms with E-state index in [-0.39, 0.29) is 18.8 Å². The fourth-order valence-corrected chi connectivity index (χ4v) is 4.57. The van der Waals surface area contributed by atoms with E-state index in [1.54, 1.807) is 18.0 Å². The zero-order valence-corrected chi connectivity index (χ0v) is 24.0. The number of likely N-dealkylation sites (N-methyl/N-ethyl adjacent to an activating group) is 2. The van der Waals surface area contributed by atoms with Crippen molar-refractivity contribution in [1.29, 1.82) is 0 Å². The minimum Gasteiger partial charge on any atom is -0.476 e. The lowest BCUT2D eigenvalue weighted by atomic mass is 10.1. The Labute approximate surface area is 244 Å². The number of hydrogen-bond acceptors (Lipinski definition) is 9. The molecule has 0 atom stereocenters. The maximum absolute atomic E-state index is 8.29. The van der Waals surface area contributed by atoms with Gasteiger partial charge in [0.1, 0.15) is 18.1 Å². The third-order valence-electron chi connectivity index (χ3n) is 6.17. The topological polar surface area (TPSA) is 75.4 Å². The van der Waals surface area contributed by atoms with Crippen molar-refractivity contribution in [2.75, 3.05) is 60.0 Å². The predicted octanol–water partition coefficient (Wildman–Crippen LogP) is 5.87. The zero-order chi connectivity index (χ0) is 33.1. The number of aliphatic imine (C=N–C) groups is 2. The van der Waals surface area contributed by atoms with E-state index in [0.29, 0.717) is 54.9 Å². The van der Waals surface area contributed by atoms with Crippen LogP contribution < -0.4 is 4.74 Å². The molecule has 0 unspecified atom stereocenters. The summed E-state index contributed by atoms with van der Waals surface area (Å²) in [5.41, 5.74) is 1.74. The van der Waals surface area contributed by atoms with Gasteiger partial charge in [-0.1, -0.05) is 64.5 Å². The fraction of sp³-hybridized carbons (Fsp3) is 0.724. The first-order valence-corrected chi connectivity index (χ1v) is 14.7. The number of hydrogen-bond donors (Lipinski definition) is 0. The summed E-state index contributed by atoms with van der Waals surface area (Å²) in [5.74, 6) is 0.802. The quantitative estimate of drug-likeness (QED) is 0.285. The molecule has 1 aromatic heterocycles. The summed E-state index contributed by atoms with van der Waals surface area (Å²) < 4.78 is 75.6. The zero-order valence-electron chi connectivity index (χ0n) is 30.2. The van der Waals surface area contributed by atoms with Crippen LogP contribution in [0.15, 0.2) is 27.7 Å². The average Bonchev–Trinajstić information content (AvgIpc) is 3.63. The van der Waals surface area contributed by atoms with Gasteiger partial charge in [0, 0.05) is 35.7 Å². The molecule has 3 aliphatic rings. The van der Waals surface area contributed by atoms with Gasteiger partial charge in [0.2, 0.25) is 5.90 Å². The van der Waals surface area contributed by atoms with E-state index in [4.69, 9.17) is 19.1 Å². The third kappa shape index (κ3) is 10.2. The van der Waals surface area contributed by atoms with Gasteiger partial charge in [0.15, 0.2) is 0 Å². The van der Waals surface area contributed by atoms with Gasteiger partial charge in [0.05, 0.1) is 24.9 Å². The van der Waals surface area contributed by atoms with E-state index in [1.807, 2.05) is 6.08 Å². The van der Waals surface area contributed by atoms with Crippen molar-refractivity contribution in [2.45, 2.75) is 78.1 Å². The summed E-state index contributed by atoms with van der Waals surface area (Å²) in [6.07, 6.45) is 13.7. The van der Waals surface area contributed by atoms with Crippen molar-refractivity contribution in [3.8, 4) is 5.88 Å². The molecule has 4 rings (SSSR count). The highest BCUT2D eigenvalue weighted by Gasteiger charge is 2.22. The molecule has 0 N–H and O–H groups in total. The summed E-state index contributed by atoms with van der Waals surface area (Å²) in [5, 5.41) is 0. The number of ether oxygens (including phenoxy) is 2. The van der Waals surface area contributed by atoms with Crippen LogP contribution in [0.3, 0.4) is 0 Å². The maximum Gasteiger partial charge on any atom is 0.253 e. The molecule has 0 spiro atoms. The highest BCUT2D eigenvalue weighted by molar-refractivity contribution is 6.99. The van der Waals surface area contributed by atoms with Crippen molar-refractivity contribution in [3.05, 3.63) is 23.4 Å². The van der Waals surface area contributed by atoms with E-state index < -0.39 is 20.0 Å². The second-order valence-corrected chi connectivity index (χ2v) is 9.99. The van der Waals surface area contributed by atoms with Gasteiger partial charge in [-0.2, -0.15) is 4.37 Å². The Kier molecular flexibility index (Phi) is 9.98. The first-order chi connectivity index (χ1) is 21.4. The number of rotatable bonds is 13. The summed E-state index contributed by atoms with van der Waals surface area (Å²) >= 11 is 1.08. The highest BCUT2D eigenvalue weighted by Crippen LogP contribution is 2.27. The van der Waals surface area contributed by atoms with E-state index in [9.17, 15) is 0 Å². The van der Waals surface area contributed by atoms with Crippen LogP contribution in [0.5, 0.6) is 5.88 Å². The molecule has 0 aromatic carbocycles. The monoisotopic (exact) mass is 551 g/mol. The highest BCUT2D eigenvalue weighted by atomic mass is 32.1. The van der Waals surface area contributed by atoms with Gasteiger partial charge in [0.25, 0.3) is 5.88 Å². The second-order valence-electron chi connectivity index (χ2n) is 9.46. The van der Waals surface area contributed by atoms with Gasteiger partial charge in [-0.15, -0.1) is 4.37 Å².